The van der Waals surface area contributed by atoms with Crippen molar-refractivity contribution in [1.29, 1.82) is 0 Å². The molecule has 1 saturated carbocycles. The van der Waals surface area contributed by atoms with E-state index >= 15 is 0 Å². The molecule has 1 aliphatic rings. The minimum absolute atomic E-state index is 0.364. The first-order valence-corrected chi connectivity index (χ1v) is 7.14. The van der Waals surface area contributed by atoms with Crippen molar-refractivity contribution in [3.05, 3.63) is 29.3 Å². The van der Waals surface area contributed by atoms with Crippen LogP contribution in [0.15, 0.2) is 18.2 Å². The maximum atomic E-state index is 5.80. The first kappa shape index (κ1) is 13.4. The third-order valence-corrected chi connectivity index (χ3v) is 4.21. The molecule has 1 unspecified atom stereocenters. The van der Waals surface area contributed by atoms with Crippen LogP contribution in [0.1, 0.15) is 62.0 Å². The molecule has 2 heteroatoms. The molecule has 2 rings (SSSR count). The normalized spacial score (nSPS) is 18.6. The van der Waals surface area contributed by atoms with Crippen LogP contribution in [0.2, 0.25) is 0 Å². The number of nitrogens with two attached hydrogens (primary N) is 1. The van der Waals surface area contributed by atoms with Crippen molar-refractivity contribution < 1.29 is 4.74 Å². The molecule has 0 saturated heterocycles. The van der Waals surface area contributed by atoms with E-state index in [9.17, 15) is 0 Å². The molecular formula is C16H25NO. The van der Waals surface area contributed by atoms with Crippen molar-refractivity contribution in [2.24, 2.45) is 5.73 Å². The molecule has 0 heterocycles. The number of rotatable bonds is 4. The molecule has 0 aromatic heterocycles. The van der Waals surface area contributed by atoms with Crippen molar-refractivity contribution >= 4 is 0 Å². The van der Waals surface area contributed by atoms with Crippen LogP contribution >= 0.6 is 0 Å². The van der Waals surface area contributed by atoms with E-state index in [-0.39, 0.29) is 0 Å². The lowest BCUT2D eigenvalue weighted by atomic mass is 9.82. The van der Waals surface area contributed by atoms with E-state index in [0.717, 1.165) is 11.7 Å². The van der Waals surface area contributed by atoms with E-state index in [4.69, 9.17) is 10.5 Å². The Balaban J connectivity index is 2.26. The van der Waals surface area contributed by atoms with Crippen LogP contribution in [0.25, 0.3) is 0 Å². The van der Waals surface area contributed by atoms with Gasteiger partial charge in [0.1, 0.15) is 5.75 Å². The molecule has 1 fully saturated rings. The molecule has 1 aromatic carbocycles. The topological polar surface area (TPSA) is 35.2 Å². The molecule has 0 amide bonds. The minimum atomic E-state index is 0.364. The maximum absolute atomic E-state index is 5.80. The summed E-state index contributed by atoms with van der Waals surface area (Å²) >= 11 is 0. The van der Waals surface area contributed by atoms with Gasteiger partial charge in [-0.05, 0) is 48.4 Å². The molecule has 1 atom stereocenters. The van der Waals surface area contributed by atoms with Gasteiger partial charge in [-0.3, -0.25) is 0 Å². The highest BCUT2D eigenvalue weighted by Gasteiger charge is 2.18. The molecule has 2 nitrogen and oxygen atoms in total. The largest absolute Gasteiger partial charge is 0.496 e. The summed E-state index contributed by atoms with van der Waals surface area (Å²) in [6.07, 6.45) is 6.82. The van der Waals surface area contributed by atoms with Gasteiger partial charge >= 0.3 is 0 Å². The van der Waals surface area contributed by atoms with Gasteiger partial charge in [0, 0.05) is 0 Å². The Morgan fingerprint density at radius 3 is 2.61 bits per heavy atom. The Bertz CT molecular complexity index is 383. The smallest absolute Gasteiger partial charge is 0.122 e. The van der Waals surface area contributed by atoms with Crippen LogP contribution in [-0.2, 0) is 0 Å². The Labute approximate surface area is 111 Å². The van der Waals surface area contributed by atoms with Crippen molar-refractivity contribution in [3.63, 3.8) is 0 Å². The van der Waals surface area contributed by atoms with Crippen molar-refractivity contribution in [2.75, 3.05) is 13.7 Å². The van der Waals surface area contributed by atoms with Crippen LogP contribution in [0, 0.1) is 0 Å². The monoisotopic (exact) mass is 247 g/mol. The van der Waals surface area contributed by atoms with Crippen LogP contribution in [-0.4, -0.2) is 13.7 Å². The third kappa shape index (κ3) is 2.86. The second-order valence-corrected chi connectivity index (χ2v) is 5.47. The van der Waals surface area contributed by atoms with Gasteiger partial charge in [-0.25, -0.2) is 0 Å². The Morgan fingerprint density at radius 1 is 1.28 bits per heavy atom. The Morgan fingerprint density at radius 2 is 2.00 bits per heavy atom. The lowest BCUT2D eigenvalue weighted by Gasteiger charge is -2.24. The zero-order chi connectivity index (χ0) is 13.0. The van der Waals surface area contributed by atoms with Gasteiger partial charge < -0.3 is 10.5 Å². The first-order valence-electron chi connectivity index (χ1n) is 7.14. The Hall–Kier alpha value is -1.02. The lowest BCUT2D eigenvalue weighted by Crippen LogP contribution is -2.11. The van der Waals surface area contributed by atoms with Gasteiger partial charge in [0.2, 0.25) is 0 Å². The molecule has 18 heavy (non-hydrogen) atoms. The fraction of sp³-hybridized carbons (Fsp3) is 0.625. The van der Waals surface area contributed by atoms with Crippen molar-refractivity contribution in [3.8, 4) is 5.75 Å². The average Bonchev–Trinajstić information content (AvgIpc) is 2.46. The van der Waals surface area contributed by atoms with Gasteiger partial charge in [-0.15, -0.1) is 0 Å². The molecular weight excluding hydrogens is 222 g/mol. The predicted molar refractivity (Wildman–Crippen MR) is 76.3 cm³/mol. The summed E-state index contributed by atoms with van der Waals surface area (Å²) in [5, 5.41) is 0. The van der Waals surface area contributed by atoms with E-state index in [0.29, 0.717) is 12.5 Å². The van der Waals surface area contributed by atoms with Crippen molar-refractivity contribution in [1.82, 2.24) is 0 Å². The molecule has 1 aromatic rings. The van der Waals surface area contributed by atoms with Crippen molar-refractivity contribution in [2.45, 2.75) is 50.9 Å². The van der Waals surface area contributed by atoms with Crippen LogP contribution in [0.5, 0.6) is 5.75 Å². The summed E-state index contributed by atoms with van der Waals surface area (Å²) in [6.45, 7) is 2.84. The molecule has 2 N–H and O–H groups in total. The summed E-state index contributed by atoms with van der Waals surface area (Å²) in [4.78, 5) is 0. The number of hydrogen-bond acceptors (Lipinski definition) is 2. The first-order chi connectivity index (χ1) is 8.76. The Kier molecular flexibility index (Phi) is 4.65. The lowest BCUT2D eigenvalue weighted by molar-refractivity contribution is 0.405. The summed E-state index contributed by atoms with van der Waals surface area (Å²) in [5.74, 6) is 2.09. The highest BCUT2D eigenvalue weighted by atomic mass is 16.5. The zero-order valence-corrected chi connectivity index (χ0v) is 11.6. The molecule has 100 valence electrons. The van der Waals surface area contributed by atoms with E-state index in [1.165, 1.54) is 43.2 Å². The van der Waals surface area contributed by atoms with E-state index < -0.39 is 0 Å². The summed E-state index contributed by atoms with van der Waals surface area (Å²) < 4.78 is 5.46. The second kappa shape index (κ2) is 6.24. The van der Waals surface area contributed by atoms with Gasteiger partial charge in [0.15, 0.2) is 0 Å². The second-order valence-electron chi connectivity index (χ2n) is 5.47. The number of ether oxygens (including phenoxy) is 1. The van der Waals surface area contributed by atoms with Gasteiger partial charge in [0.25, 0.3) is 0 Å². The minimum Gasteiger partial charge on any atom is -0.496 e. The standard InChI is InChI=1S/C16H25NO/c1-12(11-17)15-10-14(8-9-16(15)18-2)13-6-4-3-5-7-13/h8-10,12-13H,3-7,11,17H2,1-2H3. The van der Waals surface area contributed by atoms with Crippen LogP contribution < -0.4 is 10.5 Å². The van der Waals surface area contributed by atoms with Gasteiger partial charge in [-0.2, -0.15) is 0 Å². The summed E-state index contributed by atoms with van der Waals surface area (Å²) in [6, 6.07) is 6.68. The van der Waals surface area contributed by atoms with Gasteiger partial charge in [-0.1, -0.05) is 38.3 Å². The van der Waals surface area contributed by atoms with Crippen LogP contribution in [0.4, 0.5) is 0 Å². The quantitative estimate of drug-likeness (QED) is 0.878. The number of methoxy groups -OCH3 is 1. The molecule has 0 aliphatic heterocycles. The maximum Gasteiger partial charge on any atom is 0.122 e. The molecule has 1 aliphatic carbocycles. The zero-order valence-electron chi connectivity index (χ0n) is 11.6. The fourth-order valence-corrected chi connectivity index (χ4v) is 2.95. The molecule has 0 radical (unpaired) electrons. The average molecular weight is 247 g/mol. The van der Waals surface area contributed by atoms with E-state index in [2.05, 4.69) is 25.1 Å². The highest BCUT2D eigenvalue weighted by molar-refractivity contribution is 5.41. The predicted octanol–water partition coefficient (Wildman–Crippen LogP) is 3.81. The van der Waals surface area contributed by atoms with E-state index in [1.807, 2.05) is 0 Å². The number of hydrogen-bond donors (Lipinski definition) is 1. The summed E-state index contributed by atoms with van der Waals surface area (Å²) in [5.41, 5.74) is 8.54. The van der Waals surface area contributed by atoms with E-state index in [1.54, 1.807) is 7.11 Å². The summed E-state index contributed by atoms with van der Waals surface area (Å²) in [7, 11) is 1.74. The number of benzene rings is 1. The third-order valence-electron chi connectivity index (χ3n) is 4.21. The SMILES string of the molecule is COc1ccc(C2CCCCC2)cc1C(C)CN. The highest BCUT2D eigenvalue weighted by Crippen LogP contribution is 2.36. The van der Waals surface area contributed by atoms with Crippen LogP contribution in [0.3, 0.4) is 0 Å². The molecule has 0 bridgehead atoms. The van der Waals surface area contributed by atoms with Gasteiger partial charge in [0.05, 0.1) is 7.11 Å². The molecule has 0 spiro atoms. The fourth-order valence-electron chi connectivity index (χ4n) is 2.95.